The number of anilines is 1. The minimum absolute atomic E-state index is 0.338. The molecule has 0 aliphatic carbocycles. The van der Waals surface area contributed by atoms with Gasteiger partial charge in [-0.05, 0) is 12.8 Å². The molecule has 0 spiro atoms. The van der Waals surface area contributed by atoms with Gasteiger partial charge in [-0.2, -0.15) is 0 Å². The summed E-state index contributed by atoms with van der Waals surface area (Å²) < 4.78 is 0. The lowest BCUT2D eigenvalue weighted by Gasteiger charge is -2.06. The Morgan fingerprint density at radius 2 is 2.00 bits per heavy atom. The zero-order valence-corrected chi connectivity index (χ0v) is 10.4. The van der Waals surface area contributed by atoms with E-state index in [-0.39, 0.29) is 0 Å². The van der Waals surface area contributed by atoms with Crippen LogP contribution in [0, 0.1) is 6.92 Å². The van der Waals surface area contributed by atoms with Crippen LogP contribution in [-0.4, -0.2) is 15.0 Å². The Bertz CT molecular complexity index is 504. The van der Waals surface area contributed by atoms with Crippen molar-refractivity contribution in [3.63, 3.8) is 0 Å². The fourth-order valence-electron chi connectivity index (χ4n) is 1.33. The monoisotopic (exact) mass is 234 g/mol. The number of aryl methyl sites for hydroxylation is 1. The summed E-state index contributed by atoms with van der Waals surface area (Å²) in [4.78, 5) is 13.0. The van der Waals surface area contributed by atoms with Crippen molar-refractivity contribution in [1.82, 2.24) is 15.0 Å². The molecule has 0 bridgehead atoms. The Kier molecular flexibility index (Phi) is 2.87. The number of hydrogen-bond acceptors (Lipinski definition) is 5. The van der Waals surface area contributed by atoms with E-state index in [9.17, 15) is 0 Å². The third-order valence-electron chi connectivity index (χ3n) is 2.17. The SMILES string of the molecule is Cc1csc(-c2nc(N)cc(C(C)C)n2)n1. The van der Waals surface area contributed by atoms with Gasteiger partial charge in [0.1, 0.15) is 5.82 Å². The van der Waals surface area contributed by atoms with Crippen molar-refractivity contribution in [1.29, 1.82) is 0 Å². The average molecular weight is 234 g/mol. The Morgan fingerprint density at radius 3 is 2.56 bits per heavy atom. The topological polar surface area (TPSA) is 64.7 Å². The van der Waals surface area contributed by atoms with Crippen LogP contribution < -0.4 is 5.73 Å². The second kappa shape index (κ2) is 4.17. The molecule has 16 heavy (non-hydrogen) atoms. The quantitative estimate of drug-likeness (QED) is 0.867. The molecule has 0 unspecified atom stereocenters. The van der Waals surface area contributed by atoms with E-state index in [1.807, 2.05) is 18.4 Å². The fraction of sp³-hybridized carbons (Fsp3) is 0.364. The summed E-state index contributed by atoms with van der Waals surface area (Å²) in [6.07, 6.45) is 0. The van der Waals surface area contributed by atoms with Crippen LogP contribution in [0.3, 0.4) is 0 Å². The standard InChI is InChI=1S/C11H14N4S/c1-6(2)8-4-9(12)15-10(14-8)11-13-7(3)5-16-11/h4-6H,1-3H3,(H2,12,14,15). The van der Waals surface area contributed by atoms with E-state index in [1.165, 1.54) is 0 Å². The first-order valence-corrected chi connectivity index (χ1v) is 6.01. The van der Waals surface area contributed by atoms with Gasteiger partial charge < -0.3 is 5.73 Å². The molecule has 2 N–H and O–H groups in total. The number of thiazole rings is 1. The minimum Gasteiger partial charge on any atom is -0.384 e. The van der Waals surface area contributed by atoms with Gasteiger partial charge in [-0.3, -0.25) is 0 Å². The molecular weight excluding hydrogens is 220 g/mol. The van der Waals surface area contributed by atoms with Gasteiger partial charge in [0.05, 0.1) is 0 Å². The number of nitrogens with two attached hydrogens (primary N) is 1. The predicted octanol–water partition coefficient (Wildman–Crippen LogP) is 2.61. The largest absolute Gasteiger partial charge is 0.384 e. The smallest absolute Gasteiger partial charge is 0.190 e. The zero-order chi connectivity index (χ0) is 11.7. The van der Waals surface area contributed by atoms with E-state index in [1.54, 1.807) is 11.3 Å². The highest BCUT2D eigenvalue weighted by atomic mass is 32.1. The van der Waals surface area contributed by atoms with Gasteiger partial charge in [0.15, 0.2) is 10.8 Å². The van der Waals surface area contributed by atoms with E-state index in [2.05, 4.69) is 28.8 Å². The lowest BCUT2D eigenvalue weighted by Crippen LogP contribution is -2.01. The molecule has 2 aromatic rings. The Hall–Kier alpha value is -1.49. The molecule has 0 amide bonds. The second-order valence-corrected chi connectivity index (χ2v) is 4.85. The number of nitrogen functional groups attached to an aromatic ring is 1. The Balaban J connectivity index is 2.49. The lowest BCUT2D eigenvalue weighted by atomic mass is 10.1. The molecule has 4 nitrogen and oxygen atoms in total. The van der Waals surface area contributed by atoms with Gasteiger partial charge >= 0.3 is 0 Å². The summed E-state index contributed by atoms with van der Waals surface area (Å²) in [7, 11) is 0. The summed E-state index contributed by atoms with van der Waals surface area (Å²) in [5.74, 6) is 1.47. The molecule has 0 aliphatic heterocycles. The molecule has 0 saturated heterocycles. The lowest BCUT2D eigenvalue weighted by molar-refractivity contribution is 0.818. The Labute approximate surface area is 98.6 Å². The van der Waals surface area contributed by atoms with Crippen LogP contribution in [0.15, 0.2) is 11.4 Å². The molecule has 2 rings (SSSR count). The van der Waals surface area contributed by atoms with E-state index >= 15 is 0 Å². The molecule has 0 radical (unpaired) electrons. The summed E-state index contributed by atoms with van der Waals surface area (Å²) >= 11 is 1.54. The highest BCUT2D eigenvalue weighted by molar-refractivity contribution is 7.13. The van der Waals surface area contributed by atoms with Gasteiger partial charge in [0.2, 0.25) is 0 Å². The summed E-state index contributed by atoms with van der Waals surface area (Å²) in [6, 6.07) is 1.81. The first kappa shape index (κ1) is 11.0. The van der Waals surface area contributed by atoms with Gasteiger partial charge in [0.25, 0.3) is 0 Å². The maximum absolute atomic E-state index is 5.77. The van der Waals surface area contributed by atoms with Crippen molar-refractivity contribution in [2.45, 2.75) is 26.7 Å². The molecule has 0 atom stereocenters. The molecule has 84 valence electrons. The van der Waals surface area contributed by atoms with Gasteiger partial charge in [-0.1, -0.05) is 13.8 Å². The summed E-state index contributed by atoms with van der Waals surface area (Å²) in [5, 5.41) is 2.81. The van der Waals surface area contributed by atoms with Crippen LogP contribution in [0.1, 0.15) is 31.2 Å². The zero-order valence-electron chi connectivity index (χ0n) is 9.56. The maximum Gasteiger partial charge on any atom is 0.190 e. The van der Waals surface area contributed by atoms with Crippen molar-refractivity contribution >= 4 is 17.2 Å². The predicted molar refractivity (Wildman–Crippen MR) is 66.4 cm³/mol. The van der Waals surface area contributed by atoms with Crippen LogP contribution in [0.5, 0.6) is 0 Å². The molecule has 2 aromatic heterocycles. The third kappa shape index (κ3) is 2.19. The van der Waals surface area contributed by atoms with Gasteiger partial charge in [-0.15, -0.1) is 11.3 Å². The van der Waals surface area contributed by atoms with Crippen LogP contribution in [0.2, 0.25) is 0 Å². The van der Waals surface area contributed by atoms with Crippen molar-refractivity contribution in [3.05, 3.63) is 22.8 Å². The van der Waals surface area contributed by atoms with Crippen molar-refractivity contribution in [3.8, 4) is 10.8 Å². The second-order valence-electron chi connectivity index (χ2n) is 3.99. The third-order valence-corrected chi connectivity index (χ3v) is 3.12. The highest BCUT2D eigenvalue weighted by Crippen LogP contribution is 2.23. The van der Waals surface area contributed by atoms with Crippen LogP contribution in [0.4, 0.5) is 5.82 Å². The molecular formula is C11H14N4S. The van der Waals surface area contributed by atoms with Crippen molar-refractivity contribution < 1.29 is 0 Å². The van der Waals surface area contributed by atoms with Crippen LogP contribution >= 0.6 is 11.3 Å². The number of nitrogens with zero attached hydrogens (tertiary/aromatic N) is 3. The van der Waals surface area contributed by atoms with E-state index in [0.29, 0.717) is 17.6 Å². The van der Waals surface area contributed by atoms with Crippen LogP contribution in [0.25, 0.3) is 10.8 Å². The summed E-state index contributed by atoms with van der Waals surface area (Å²) in [6.45, 7) is 6.12. The van der Waals surface area contributed by atoms with E-state index in [4.69, 9.17) is 5.73 Å². The average Bonchev–Trinajstić information content (AvgIpc) is 2.64. The minimum atomic E-state index is 0.338. The number of aromatic nitrogens is 3. The molecule has 0 aromatic carbocycles. The van der Waals surface area contributed by atoms with Gasteiger partial charge in [-0.25, -0.2) is 15.0 Å². The first-order valence-electron chi connectivity index (χ1n) is 5.13. The molecule has 0 fully saturated rings. The molecule has 5 heteroatoms. The van der Waals surface area contributed by atoms with Gasteiger partial charge in [0, 0.05) is 22.8 Å². The first-order chi connectivity index (χ1) is 7.56. The number of hydrogen-bond donors (Lipinski definition) is 1. The normalized spacial score (nSPS) is 11.0. The molecule has 2 heterocycles. The fourth-order valence-corrected chi connectivity index (χ4v) is 2.06. The van der Waals surface area contributed by atoms with E-state index < -0.39 is 0 Å². The number of rotatable bonds is 2. The Morgan fingerprint density at radius 1 is 1.25 bits per heavy atom. The van der Waals surface area contributed by atoms with E-state index in [0.717, 1.165) is 16.4 Å². The van der Waals surface area contributed by atoms with Crippen molar-refractivity contribution in [2.24, 2.45) is 0 Å². The molecule has 0 saturated carbocycles. The summed E-state index contributed by atoms with van der Waals surface area (Å²) in [5.41, 5.74) is 7.70. The highest BCUT2D eigenvalue weighted by Gasteiger charge is 2.10. The van der Waals surface area contributed by atoms with Crippen molar-refractivity contribution in [2.75, 3.05) is 5.73 Å². The molecule has 0 aliphatic rings. The van der Waals surface area contributed by atoms with Crippen LogP contribution in [-0.2, 0) is 0 Å². The maximum atomic E-state index is 5.77.